The minimum atomic E-state index is -0.586. The number of allylic oxidation sites excluding steroid dienone is 1. The number of halogens is 1. The lowest BCUT2D eigenvalue weighted by Gasteiger charge is -2.39. The summed E-state index contributed by atoms with van der Waals surface area (Å²) in [6.07, 6.45) is 1.38. The molecular weight excluding hydrogens is 508 g/mol. The second-order valence-electron chi connectivity index (χ2n) is 9.83. The van der Waals surface area contributed by atoms with Crippen molar-refractivity contribution in [1.29, 1.82) is 0 Å². The smallest absolute Gasteiger partial charge is 0.280 e. The summed E-state index contributed by atoms with van der Waals surface area (Å²) in [6, 6.07) is 9.98. The molecule has 1 aromatic heterocycles. The maximum Gasteiger partial charge on any atom is 0.280 e. The number of amides is 2. The normalized spacial score (nSPS) is 20.6. The van der Waals surface area contributed by atoms with Gasteiger partial charge in [-0.05, 0) is 38.8 Å². The van der Waals surface area contributed by atoms with Gasteiger partial charge in [0.1, 0.15) is 0 Å². The number of hydrogen-bond acceptors (Lipinski definition) is 10. The van der Waals surface area contributed by atoms with Gasteiger partial charge in [0.15, 0.2) is 28.4 Å². The third kappa shape index (κ3) is 4.44. The zero-order valence-corrected chi connectivity index (χ0v) is 22.3. The zero-order valence-electron chi connectivity index (χ0n) is 21.5. The molecule has 1 unspecified atom stereocenters. The number of aliphatic imine (C=N–C) groups is 1. The number of hydrogen-bond donors (Lipinski definition) is 4. The second kappa shape index (κ2) is 9.67. The van der Waals surface area contributed by atoms with Gasteiger partial charge in [0, 0.05) is 25.8 Å². The van der Waals surface area contributed by atoms with Gasteiger partial charge in [0.25, 0.3) is 11.8 Å². The first kappa shape index (κ1) is 25.6. The van der Waals surface area contributed by atoms with Crippen molar-refractivity contribution in [2.45, 2.75) is 38.3 Å². The molecule has 1 spiro atoms. The van der Waals surface area contributed by atoms with E-state index in [9.17, 15) is 9.59 Å². The van der Waals surface area contributed by atoms with Crippen LogP contribution in [0, 0.1) is 0 Å². The molecule has 0 aliphatic carbocycles. The number of likely N-dealkylation sites (tertiary alicyclic amines) is 1. The van der Waals surface area contributed by atoms with Crippen LogP contribution in [0.5, 0.6) is 0 Å². The molecule has 1 fully saturated rings. The predicted molar refractivity (Wildman–Crippen MR) is 146 cm³/mol. The zero-order chi connectivity index (χ0) is 27.2. The van der Waals surface area contributed by atoms with Crippen LogP contribution in [0.1, 0.15) is 37.2 Å². The molecule has 0 saturated carbocycles. The Balaban J connectivity index is 1.20. The van der Waals surface area contributed by atoms with Gasteiger partial charge in [0.2, 0.25) is 0 Å². The molecule has 13 heteroatoms. The Hall–Kier alpha value is -4.06. The molecular formula is C25H31ClN10O2. The Bertz CT molecular complexity index is 1340. The molecule has 1 aromatic carbocycles. The SMILES string of the molecule is CC1=C(C(=O)N2CCC3(CC2)CN=C(NC(=O)c2nc(Cl)c(N)nc2N)N3)C(C)N(c2ccccc2)N1C. The number of nitrogens with one attached hydrogen (secondary N) is 2. The third-order valence-electron chi connectivity index (χ3n) is 7.52. The summed E-state index contributed by atoms with van der Waals surface area (Å²) >= 11 is 5.89. The molecule has 3 aliphatic rings. The number of carbonyl (C=O) groups excluding carboxylic acids is 2. The van der Waals surface area contributed by atoms with Gasteiger partial charge in [-0.15, -0.1) is 0 Å². The van der Waals surface area contributed by atoms with Crippen molar-refractivity contribution in [2.75, 3.05) is 43.2 Å². The summed E-state index contributed by atoms with van der Waals surface area (Å²) in [5.74, 6) is -0.372. The monoisotopic (exact) mass is 538 g/mol. The molecule has 5 rings (SSSR count). The van der Waals surface area contributed by atoms with Crippen LogP contribution in [-0.4, -0.2) is 75.9 Å². The molecule has 38 heavy (non-hydrogen) atoms. The minimum absolute atomic E-state index is 0.0466. The Morgan fingerprint density at radius 2 is 1.82 bits per heavy atom. The lowest BCUT2D eigenvalue weighted by molar-refractivity contribution is -0.128. The number of para-hydroxylation sites is 1. The summed E-state index contributed by atoms with van der Waals surface area (Å²) in [6.45, 7) is 5.69. The number of benzene rings is 1. The highest BCUT2D eigenvalue weighted by atomic mass is 35.5. The van der Waals surface area contributed by atoms with Crippen LogP contribution in [0.4, 0.5) is 17.3 Å². The van der Waals surface area contributed by atoms with E-state index >= 15 is 0 Å². The van der Waals surface area contributed by atoms with Crippen molar-refractivity contribution in [3.05, 3.63) is 52.4 Å². The number of aromatic nitrogens is 2. The van der Waals surface area contributed by atoms with E-state index in [-0.39, 0.29) is 40.0 Å². The minimum Gasteiger partial charge on any atom is -0.382 e. The van der Waals surface area contributed by atoms with Crippen LogP contribution >= 0.6 is 11.6 Å². The molecule has 0 bridgehead atoms. The highest BCUT2D eigenvalue weighted by molar-refractivity contribution is 6.31. The highest BCUT2D eigenvalue weighted by Crippen LogP contribution is 2.35. The van der Waals surface area contributed by atoms with E-state index in [0.29, 0.717) is 38.4 Å². The van der Waals surface area contributed by atoms with Crippen molar-refractivity contribution in [2.24, 2.45) is 4.99 Å². The molecule has 1 atom stereocenters. The number of hydrazine groups is 1. The number of anilines is 3. The van der Waals surface area contributed by atoms with E-state index in [1.165, 1.54) is 0 Å². The van der Waals surface area contributed by atoms with Gasteiger partial charge in [0.05, 0.1) is 29.4 Å². The number of guanidine groups is 1. The molecule has 3 aliphatic heterocycles. The van der Waals surface area contributed by atoms with Crippen LogP contribution in [-0.2, 0) is 4.79 Å². The van der Waals surface area contributed by atoms with Gasteiger partial charge in [-0.2, -0.15) is 0 Å². The summed E-state index contributed by atoms with van der Waals surface area (Å²) in [4.78, 5) is 40.5. The fraction of sp³-hybridized carbons (Fsp3) is 0.400. The van der Waals surface area contributed by atoms with Crippen LogP contribution in [0.15, 0.2) is 46.6 Å². The van der Waals surface area contributed by atoms with E-state index < -0.39 is 5.91 Å². The summed E-state index contributed by atoms with van der Waals surface area (Å²) in [5.41, 5.74) is 13.7. The van der Waals surface area contributed by atoms with Crippen LogP contribution in [0.3, 0.4) is 0 Å². The molecule has 1 saturated heterocycles. The van der Waals surface area contributed by atoms with E-state index in [2.05, 4.69) is 37.5 Å². The average molecular weight is 539 g/mol. The number of carbonyl (C=O) groups is 2. The number of rotatable bonds is 3. The van der Waals surface area contributed by atoms with Gasteiger partial charge in [-0.1, -0.05) is 29.8 Å². The second-order valence-corrected chi connectivity index (χ2v) is 10.2. The maximum atomic E-state index is 13.7. The first-order chi connectivity index (χ1) is 18.1. The van der Waals surface area contributed by atoms with Crippen molar-refractivity contribution in [1.82, 2.24) is 30.5 Å². The summed E-state index contributed by atoms with van der Waals surface area (Å²) < 4.78 is 0. The maximum absolute atomic E-state index is 13.7. The Kier molecular flexibility index (Phi) is 6.51. The van der Waals surface area contributed by atoms with Crippen molar-refractivity contribution >= 4 is 46.7 Å². The molecule has 6 N–H and O–H groups in total. The lowest BCUT2D eigenvalue weighted by atomic mass is 9.88. The summed E-state index contributed by atoms with van der Waals surface area (Å²) in [7, 11) is 1.98. The van der Waals surface area contributed by atoms with Crippen molar-refractivity contribution in [3.63, 3.8) is 0 Å². The van der Waals surface area contributed by atoms with Gasteiger partial charge >= 0.3 is 0 Å². The highest BCUT2D eigenvalue weighted by Gasteiger charge is 2.43. The van der Waals surface area contributed by atoms with Gasteiger partial charge in [-0.25, -0.2) is 9.97 Å². The first-order valence-electron chi connectivity index (χ1n) is 12.4. The number of nitrogens with zero attached hydrogens (tertiary/aromatic N) is 6. The molecule has 4 heterocycles. The van der Waals surface area contributed by atoms with E-state index in [0.717, 1.165) is 17.0 Å². The summed E-state index contributed by atoms with van der Waals surface area (Å²) in [5, 5.41) is 10.1. The molecule has 12 nitrogen and oxygen atoms in total. The van der Waals surface area contributed by atoms with Crippen LogP contribution in [0.25, 0.3) is 0 Å². The number of piperidine rings is 1. The Labute approximate surface area is 225 Å². The van der Waals surface area contributed by atoms with E-state index in [1.54, 1.807) is 0 Å². The van der Waals surface area contributed by atoms with E-state index in [1.807, 2.05) is 54.2 Å². The topological polar surface area (TPSA) is 158 Å². The first-order valence-corrected chi connectivity index (χ1v) is 12.8. The van der Waals surface area contributed by atoms with Crippen molar-refractivity contribution < 1.29 is 9.59 Å². The molecule has 200 valence electrons. The van der Waals surface area contributed by atoms with Crippen molar-refractivity contribution in [3.8, 4) is 0 Å². The Morgan fingerprint density at radius 1 is 1.13 bits per heavy atom. The average Bonchev–Trinajstić information content (AvgIpc) is 3.38. The van der Waals surface area contributed by atoms with Gasteiger partial charge < -0.3 is 21.7 Å². The Morgan fingerprint density at radius 3 is 2.50 bits per heavy atom. The fourth-order valence-corrected chi connectivity index (χ4v) is 5.46. The molecule has 2 aromatic rings. The van der Waals surface area contributed by atoms with Crippen LogP contribution in [0.2, 0.25) is 5.15 Å². The number of nitrogens with two attached hydrogens (primary N) is 2. The fourth-order valence-electron chi connectivity index (χ4n) is 5.33. The van der Waals surface area contributed by atoms with Crippen LogP contribution < -0.4 is 27.1 Å². The lowest BCUT2D eigenvalue weighted by Crippen LogP contribution is -2.57. The standard InChI is InChI=1S/C25H31ClN10O2/c1-14-17(15(2)36(34(14)3)16-7-5-4-6-8-16)23(38)35-11-9-25(10-12-35)13-29-24(33-25)32-22(37)18-20(27)31-21(28)19(26)30-18/h4-8,15H,9-13H2,1-3H3,(H4,27,28,31)(H2,29,32,33,37). The quantitative estimate of drug-likeness (QED) is 0.453. The predicted octanol–water partition coefficient (Wildman–Crippen LogP) is 1.37. The van der Waals surface area contributed by atoms with Gasteiger partial charge in [-0.3, -0.25) is 29.9 Å². The molecule has 0 radical (unpaired) electrons. The third-order valence-corrected chi connectivity index (χ3v) is 7.80. The number of nitrogen functional groups attached to an aromatic ring is 2. The largest absolute Gasteiger partial charge is 0.382 e. The molecule has 2 amide bonds. The van der Waals surface area contributed by atoms with E-state index in [4.69, 9.17) is 23.1 Å².